The van der Waals surface area contributed by atoms with Gasteiger partial charge in [-0.05, 0) is 68.8 Å². The summed E-state index contributed by atoms with van der Waals surface area (Å²) in [7, 11) is -3.64. The molecule has 170 valence electrons. The number of carbonyl (C=O) groups excluding carboxylic acids is 1. The monoisotopic (exact) mass is 455 g/mol. The standard InChI is InChI=1S/C24H29N3O4S/c1-4-26(5-2)21-13-14-22(19(3)18-21)25-24(28)31-16-17-32(29,30)23-12-9-15-27(23)20-10-7-6-8-11-20/h6-15,18H,4-5,16-17H2,1-3H3,(H,25,28). The number of benzene rings is 2. The number of rotatable bonds is 9. The lowest BCUT2D eigenvalue weighted by Gasteiger charge is -2.22. The van der Waals surface area contributed by atoms with Crippen LogP contribution in [-0.4, -0.2) is 44.5 Å². The van der Waals surface area contributed by atoms with Crippen molar-refractivity contribution in [2.45, 2.75) is 25.8 Å². The first-order chi connectivity index (χ1) is 15.4. The Balaban J connectivity index is 1.59. The van der Waals surface area contributed by atoms with Gasteiger partial charge in [-0.25, -0.2) is 13.2 Å². The molecular weight excluding hydrogens is 426 g/mol. The maximum atomic E-state index is 12.8. The van der Waals surface area contributed by atoms with Gasteiger partial charge in [0.25, 0.3) is 0 Å². The highest BCUT2D eigenvalue weighted by Crippen LogP contribution is 2.23. The zero-order valence-corrected chi connectivity index (χ0v) is 19.4. The Morgan fingerprint density at radius 3 is 2.41 bits per heavy atom. The zero-order chi connectivity index (χ0) is 23.1. The molecule has 0 spiro atoms. The number of nitrogens with zero attached hydrogens (tertiary/aromatic N) is 2. The Morgan fingerprint density at radius 2 is 1.75 bits per heavy atom. The second kappa shape index (κ2) is 10.4. The normalized spacial score (nSPS) is 11.2. The number of aromatic nitrogens is 1. The minimum absolute atomic E-state index is 0.163. The molecule has 2 aromatic carbocycles. The molecule has 32 heavy (non-hydrogen) atoms. The average Bonchev–Trinajstić information content (AvgIpc) is 3.28. The fourth-order valence-electron chi connectivity index (χ4n) is 3.49. The van der Waals surface area contributed by atoms with E-state index in [0.29, 0.717) is 5.69 Å². The molecule has 8 heteroatoms. The third kappa shape index (κ3) is 5.50. The van der Waals surface area contributed by atoms with Gasteiger partial charge in [-0.2, -0.15) is 0 Å². The van der Waals surface area contributed by atoms with Crippen LogP contribution in [0.4, 0.5) is 16.2 Å². The molecule has 0 radical (unpaired) electrons. The summed E-state index contributed by atoms with van der Waals surface area (Å²) in [5, 5.41) is 2.85. The van der Waals surface area contributed by atoms with Crippen LogP contribution in [0.25, 0.3) is 5.69 Å². The lowest BCUT2D eigenvalue weighted by Crippen LogP contribution is -2.22. The number of para-hydroxylation sites is 1. The molecule has 3 rings (SSSR count). The summed E-state index contributed by atoms with van der Waals surface area (Å²) < 4.78 is 32.4. The molecule has 1 heterocycles. The summed E-state index contributed by atoms with van der Waals surface area (Å²) in [4.78, 5) is 14.4. The van der Waals surface area contributed by atoms with Gasteiger partial charge in [0.15, 0.2) is 9.84 Å². The molecule has 0 bridgehead atoms. The highest BCUT2D eigenvalue weighted by molar-refractivity contribution is 7.91. The van der Waals surface area contributed by atoms with E-state index in [2.05, 4.69) is 24.1 Å². The number of nitrogens with one attached hydrogen (secondary N) is 1. The third-order valence-electron chi connectivity index (χ3n) is 5.22. The highest BCUT2D eigenvalue weighted by atomic mass is 32.2. The summed E-state index contributed by atoms with van der Waals surface area (Å²) in [5.41, 5.74) is 3.36. The topological polar surface area (TPSA) is 80.6 Å². The number of hydrogen-bond donors (Lipinski definition) is 1. The second-order valence-electron chi connectivity index (χ2n) is 7.30. The molecule has 0 atom stereocenters. The largest absolute Gasteiger partial charge is 0.448 e. The molecule has 7 nitrogen and oxygen atoms in total. The van der Waals surface area contributed by atoms with Crippen molar-refractivity contribution >= 4 is 27.3 Å². The maximum Gasteiger partial charge on any atom is 0.411 e. The first-order valence-electron chi connectivity index (χ1n) is 10.6. The van der Waals surface area contributed by atoms with E-state index in [0.717, 1.165) is 30.0 Å². The van der Waals surface area contributed by atoms with E-state index in [1.165, 1.54) is 0 Å². The molecular formula is C24H29N3O4S. The lowest BCUT2D eigenvalue weighted by molar-refractivity contribution is 0.168. The van der Waals surface area contributed by atoms with Crippen molar-refractivity contribution in [3.63, 3.8) is 0 Å². The van der Waals surface area contributed by atoms with Crippen molar-refractivity contribution in [2.24, 2.45) is 0 Å². The van der Waals surface area contributed by atoms with Gasteiger partial charge in [-0.1, -0.05) is 18.2 Å². The molecule has 0 aliphatic heterocycles. The van der Waals surface area contributed by atoms with Gasteiger partial charge in [0, 0.05) is 36.3 Å². The number of amides is 1. The van der Waals surface area contributed by atoms with Crippen LogP contribution in [0.2, 0.25) is 0 Å². The molecule has 0 aliphatic carbocycles. The fourth-order valence-corrected chi connectivity index (χ4v) is 4.75. The van der Waals surface area contributed by atoms with E-state index in [1.807, 2.05) is 55.5 Å². The molecule has 1 N–H and O–H groups in total. The summed E-state index contributed by atoms with van der Waals surface area (Å²) >= 11 is 0. The van der Waals surface area contributed by atoms with Gasteiger partial charge in [0.1, 0.15) is 11.6 Å². The van der Waals surface area contributed by atoms with E-state index in [1.54, 1.807) is 22.9 Å². The molecule has 0 fully saturated rings. The quantitative estimate of drug-likeness (QED) is 0.508. The first-order valence-corrected chi connectivity index (χ1v) is 12.3. The minimum Gasteiger partial charge on any atom is -0.448 e. The fraction of sp³-hybridized carbons (Fsp3) is 0.292. The number of anilines is 2. The number of sulfone groups is 1. The van der Waals surface area contributed by atoms with Crippen LogP contribution < -0.4 is 10.2 Å². The van der Waals surface area contributed by atoms with Crippen LogP contribution in [0.1, 0.15) is 19.4 Å². The van der Waals surface area contributed by atoms with E-state index < -0.39 is 15.9 Å². The van der Waals surface area contributed by atoms with Gasteiger partial charge < -0.3 is 14.2 Å². The van der Waals surface area contributed by atoms with Gasteiger partial charge in [-0.3, -0.25) is 5.32 Å². The summed E-state index contributed by atoms with van der Waals surface area (Å²) in [5.74, 6) is -0.308. The number of carbonyl (C=O) groups is 1. The minimum atomic E-state index is -3.64. The lowest BCUT2D eigenvalue weighted by atomic mass is 10.1. The van der Waals surface area contributed by atoms with Crippen molar-refractivity contribution < 1.29 is 17.9 Å². The SMILES string of the molecule is CCN(CC)c1ccc(NC(=O)OCCS(=O)(=O)c2cccn2-c2ccccc2)c(C)c1. The van der Waals surface area contributed by atoms with Crippen molar-refractivity contribution in [1.29, 1.82) is 0 Å². The predicted molar refractivity (Wildman–Crippen MR) is 128 cm³/mol. The second-order valence-corrected chi connectivity index (χ2v) is 9.36. The van der Waals surface area contributed by atoms with Crippen molar-refractivity contribution in [2.75, 3.05) is 35.7 Å². The van der Waals surface area contributed by atoms with Gasteiger partial charge in [0.05, 0.1) is 5.75 Å². The molecule has 0 aliphatic rings. The maximum absolute atomic E-state index is 12.8. The van der Waals surface area contributed by atoms with E-state index in [-0.39, 0.29) is 17.4 Å². The van der Waals surface area contributed by atoms with E-state index >= 15 is 0 Å². The summed E-state index contributed by atoms with van der Waals surface area (Å²) in [6.07, 6.45) is 1.01. The molecule has 1 aromatic heterocycles. The molecule has 0 unspecified atom stereocenters. The Bertz CT molecular complexity index is 1150. The van der Waals surface area contributed by atoms with Crippen LogP contribution in [0.15, 0.2) is 71.9 Å². The number of ether oxygens (including phenoxy) is 1. The van der Waals surface area contributed by atoms with Crippen LogP contribution in [0.3, 0.4) is 0 Å². The van der Waals surface area contributed by atoms with Crippen molar-refractivity contribution in [1.82, 2.24) is 4.57 Å². The van der Waals surface area contributed by atoms with Crippen LogP contribution in [-0.2, 0) is 14.6 Å². The van der Waals surface area contributed by atoms with Crippen LogP contribution in [0, 0.1) is 6.92 Å². The third-order valence-corrected chi connectivity index (χ3v) is 6.90. The van der Waals surface area contributed by atoms with Gasteiger partial charge in [-0.15, -0.1) is 0 Å². The molecule has 1 amide bonds. The Kier molecular flexibility index (Phi) is 7.58. The first kappa shape index (κ1) is 23.4. The average molecular weight is 456 g/mol. The molecule has 0 saturated heterocycles. The smallest absolute Gasteiger partial charge is 0.411 e. The zero-order valence-electron chi connectivity index (χ0n) is 18.6. The van der Waals surface area contributed by atoms with Gasteiger partial charge >= 0.3 is 6.09 Å². The van der Waals surface area contributed by atoms with Crippen molar-refractivity contribution in [3.8, 4) is 5.69 Å². The van der Waals surface area contributed by atoms with Crippen LogP contribution in [0.5, 0.6) is 0 Å². The Labute approximate surface area is 189 Å². The Morgan fingerprint density at radius 1 is 1.03 bits per heavy atom. The summed E-state index contributed by atoms with van der Waals surface area (Å²) in [6.45, 7) is 7.63. The van der Waals surface area contributed by atoms with Crippen LogP contribution >= 0.6 is 0 Å². The van der Waals surface area contributed by atoms with E-state index in [4.69, 9.17) is 4.74 Å². The van der Waals surface area contributed by atoms with E-state index in [9.17, 15) is 13.2 Å². The number of aryl methyl sites for hydroxylation is 1. The van der Waals surface area contributed by atoms with Crippen molar-refractivity contribution in [3.05, 3.63) is 72.4 Å². The molecule has 3 aromatic rings. The van der Waals surface area contributed by atoms with Gasteiger partial charge in [0.2, 0.25) is 0 Å². The number of hydrogen-bond acceptors (Lipinski definition) is 5. The summed E-state index contributed by atoms with van der Waals surface area (Å²) in [6, 6.07) is 18.2. The predicted octanol–water partition coefficient (Wildman–Crippen LogP) is 4.65. The molecule has 0 saturated carbocycles. The Hall–Kier alpha value is -3.26. The highest BCUT2D eigenvalue weighted by Gasteiger charge is 2.20.